The van der Waals surface area contributed by atoms with E-state index in [9.17, 15) is 14.9 Å². The number of carbonyl (C=O) groups is 2. The van der Waals surface area contributed by atoms with E-state index in [1.807, 2.05) is 92.7 Å². The summed E-state index contributed by atoms with van der Waals surface area (Å²) < 4.78 is 1.75. The van der Waals surface area contributed by atoms with Gasteiger partial charge in [0.25, 0.3) is 0 Å². The highest BCUT2D eigenvalue weighted by atomic mass is 16.2. The number of Topliss-reactive ketones (excluding diaryl/α,β-unsaturated/α-hetero) is 1. The standard InChI is InChI=1S/C37H42N6O2/c1-24-12-14-31(15-13-24)43-33(22-32(42-43)37(3,4)5)41-36(45)40-30-11-7-9-28(21-30)34(26-16-18-39-19-17-26)35(44)29-10-6-8-27(20-29)25(2)23-38/h6-15,20-22,25-26,34,39H,16-19H2,1-5H3,(H2,40,41,45)/t25-,34?/m1/s1. The van der Waals surface area contributed by atoms with Gasteiger partial charge in [0.05, 0.1) is 29.3 Å². The average molecular weight is 603 g/mol. The largest absolute Gasteiger partial charge is 0.324 e. The predicted molar refractivity (Wildman–Crippen MR) is 179 cm³/mol. The average Bonchev–Trinajstić information content (AvgIpc) is 3.46. The second-order valence-electron chi connectivity index (χ2n) is 13.0. The van der Waals surface area contributed by atoms with E-state index in [2.05, 4.69) is 42.8 Å². The zero-order valence-corrected chi connectivity index (χ0v) is 26.7. The van der Waals surface area contributed by atoms with Crippen LogP contribution in [0.4, 0.5) is 16.3 Å². The Morgan fingerprint density at radius 1 is 0.956 bits per heavy atom. The van der Waals surface area contributed by atoms with Crippen LogP contribution in [-0.2, 0) is 5.41 Å². The summed E-state index contributed by atoms with van der Waals surface area (Å²) in [6.45, 7) is 11.8. The molecule has 3 aromatic carbocycles. The van der Waals surface area contributed by atoms with Gasteiger partial charge in [0.15, 0.2) is 5.78 Å². The molecule has 0 aliphatic carbocycles. The van der Waals surface area contributed by atoms with Crippen molar-refractivity contribution in [3.05, 3.63) is 107 Å². The van der Waals surface area contributed by atoms with Gasteiger partial charge in [-0.3, -0.25) is 10.1 Å². The minimum atomic E-state index is -0.399. The number of rotatable bonds is 8. The highest BCUT2D eigenvalue weighted by Gasteiger charge is 2.32. The van der Waals surface area contributed by atoms with Gasteiger partial charge in [-0.15, -0.1) is 0 Å². The van der Waals surface area contributed by atoms with Crippen molar-refractivity contribution in [3.63, 3.8) is 0 Å². The van der Waals surface area contributed by atoms with Crippen LogP contribution in [0.5, 0.6) is 0 Å². The van der Waals surface area contributed by atoms with Crippen LogP contribution in [-0.4, -0.2) is 34.7 Å². The zero-order chi connectivity index (χ0) is 32.1. The Kier molecular flexibility index (Phi) is 9.50. The second kappa shape index (κ2) is 13.5. The third-order valence-electron chi connectivity index (χ3n) is 8.50. The quantitative estimate of drug-likeness (QED) is 0.179. The Balaban J connectivity index is 1.41. The summed E-state index contributed by atoms with van der Waals surface area (Å²) in [6, 6.07) is 26.8. The van der Waals surface area contributed by atoms with E-state index in [-0.39, 0.29) is 29.0 Å². The molecule has 2 amide bonds. The van der Waals surface area contributed by atoms with Crippen LogP contribution in [0, 0.1) is 24.2 Å². The van der Waals surface area contributed by atoms with Crippen molar-refractivity contribution in [2.45, 2.75) is 64.7 Å². The van der Waals surface area contributed by atoms with Gasteiger partial charge in [0.1, 0.15) is 5.82 Å². The fourth-order valence-corrected chi connectivity index (χ4v) is 5.84. The van der Waals surface area contributed by atoms with Crippen molar-refractivity contribution < 1.29 is 9.59 Å². The van der Waals surface area contributed by atoms with Crippen molar-refractivity contribution >= 4 is 23.3 Å². The number of anilines is 2. The maximum absolute atomic E-state index is 14.1. The molecule has 1 aliphatic heterocycles. The molecule has 3 N–H and O–H groups in total. The van der Waals surface area contributed by atoms with E-state index in [0.717, 1.165) is 54.0 Å². The third kappa shape index (κ3) is 7.50. The molecule has 8 heteroatoms. The molecule has 5 rings (SSSR count). The van der Waals surface area contributed by atoms with Crippen molar-refractivity contribution in [1.82, 2.24) is 15.1 Å². The number of hydrogen-bond donors (Lipinski definition) is 3. The van der Waals surface area contributed by atoms with Gasteiger partial charge < -0.3 is 10.6 Å². The Morgan fingerprint density at radius 3 is 2.33 bits per heavy atom. The number of ketones is 1. The van der Waals surface area contributed by atoms with E-state index in [1.165, 1.54) is 0 Å². The van der Waals surface area contributed by atoms with Crippen molar-refractivity contribution in [1.29, 1.82) is 5.26 Å². The summed E-state index contributed by atoms with van der Waals surface area (Å²) in [5.74, 6) is 0.0724. The van der Waals surface area contributed by atoms with Crippen molar-refractivity contribution in [3.8, 4) is 11.8 Å². The summed E-state index contributed by atoms with van der Waals surface area (Å²) in [4.78, 5) is 27.5. The Hall–Kier alpha value is -4.74. The van der Waals surface area contributed by atoms with Crippen LogP contribution in [0.15, 0.2) is 78.9 Å². The van der Waals surface area contributed by atoms with Gasteiger partial charge in [-0.25, -0.2) is 9.48 Å². The Labute approximate surface area is 265 Å². The molecule has 1 aliphatic rings. The lowest BCUT2D eigenvalue weighted by Crippen LogP contribution is -2.33. The predicted octanol–water partition coefficient (Wildman–Crippen LogP) is 7.72. The van der Waals surface area contributed by atoms with Crippen LogP contribution in [0.2, 0.25) is 0 Å². The number of benzene rings is 3. The molecular formula is C37H42N6O2. The number of piperidine rings is 1. The molecule has 0 saturated carbocycles. The lowest BCUT2D eigenvalue weighted by molar-refractivity contribution is 0.0916. The first-order chi connectivity index (χ1) is 21.5. The summed E-state index contributed by atoms with van der Waals surface area (Å²) in [6.07, 6.45) is 1.75. The number of nitrogens with one attached hydrogen (secondary N) is 3. The molecule has 1 unspecified atom stereocenters. The maximum atomic E-state index is 14.1. The van der Waals surface area contributed by atoms with E-state index in [4.69, 9.17) is 5.10 Å². The zero-order valence-electron chi connectivity index (χ0n) is 26.7. The summed E-state index contributed by atoms with van der Waals surface area (Å²) in [5, 5.41) is 23.6. The molecule has 0 spiro atoms. The van der Waals surface area contributed by atoms with Gasteiger partial charge in [-0.05, 0) is 87.2 Å². The number of carbonyl (C=O) groups excluding carboxylic acids is 2. The second-order valence-corrected chi connectivity index (χ2v) is 13.0. The molecule has 1 saturated heterocycles. The molecule has 1 fully saturated rings. The topological polar surface area (TPSA) is 112 Å². The van der Waals surface area contributed by atoms with Crippen LogP contribution >= 0.6 is 0 Å². The first kappa shape index (κ1) is 31.7. The normalized spacial score (nSPS) is 15.1. The summed E-state index contributed by atoms with van der Waals surface area (Å²) in [7, 11) is 0. The molecular weight excluding hydrogens is 560 g/mol. The smallest absolute Gasteiger partial charge is 0.317 e. The molecule has 8 nitrogen and oxygen atoms in total. The Bertz CT molecular complexity index is 1700. The van der Waals surface area contributed by atoms with Crippen LogP contribution in [0.1, 0.15) is 85.1 Å². The molecule has 232 valence electrons. The van der Waals surface area contributed by atoms with Crippen LogP contribution in [0.25, 0.3) is 5.69 Å². The first-order valence-electron chi connectivity index (χ1n) is 15.6. The van der Waals surface area contributed by atoms with Gasteiger partial charge in [-0.2, -0.15) is 10.4 Å². The number of amides is 2. The minimum absolute atomic E-state index is 0.0344. The first-order valence-corrected chi connectivity index (χ1v) is 15.6. The van der Waals surface area contributed by atoms with Crippen molar-refractivity contribution in [2.24, 2.45) is 5.92 Å². The van der Waals surface area contributed by atoms with E-state index < -0.39 is 6.03 Å². The third-order valence-corrected chi connectivity index (χ3v) is 8.50. The highest BCUT2D eigenvalue weighted by molar-refractivity contribution is 6.02. The van der Waals surface area contributed by atoms with Gasteiger partial charge in [0.2, 0.25) is 0 Å². The number of urea groups is 1. The molecule has 2 atom stereocenters. The SMILES string of the molecule is Cc1ccc(-n2nc(C(C)(C)C)cc2NC(=O)Nc2cccc(C(C(=O)c3cccc([C@H](C)C#N)c3)C3CCNCC3)c2)cc1. The Morgan fingerprint density at radius 2 is 1.64 bits per heavy atom. The van der Waals surface area contributed by atoms with E-state index in [1.54, 1.807) is 4.68 Å². The number of aryl methyl sites for hydroxylation is 1. The summed E-state index contributed by atoms with van der Waals surface area (Å²) >= 11 is 0. The number of hydrogen-bond acceptors (Lipinski definition) is 5. The molecule has 0 radical (unpaired) electrons. The fraction of sp³-hybridized carbons (Fsp3) is 0.351. The van der Waals surface area contributed by atoms with Gasteiger partial charge in [0, 0.05) is 22.7 Å². The van der Waals surface area contributed by atoms with Gasteiger partial charge >= 0.3 is 6.03 Å². The van der Waals surface area contributed by atoms with E-state index in [0.29, 0.717) is 17.1 Å². The molecule has 4 aromatic rings. The summed E-state index contributed by atoms with van der Waals surface area (Å²) in [5.41, 5.74) is 5.54. The van der Waals surface area contributed by atoms with Gasteiger partial charge in [-0.1, -0.05) is 68.8 Å². The fourth-order valence-electron chi connectivity index (χ4n) is 5.84. The lowest BCUT2D eigenvalue weighted by atomic mass is 9.76. The lowest BCUT2D eigenvalue weighted by Gasteiger charge is -2.30. The van der Waals surface area contributed by atoms with Crippen LogP contribution < -0.4 is 16.0 Å². The number of aromatic nitrogens is 2. The molecule has 45 heavy (non-hydrogen) atoms. The number of nitrogens with zero attached hydrogens (tertiary/aromatic N) is 3. The minimum Gasteiger partial charge on any atom is -0.317 e. The van der Waals surface area contributed by atoms with Crippen LogP contribution in [0.3, 0.4) is 0 Å². The van der Waals surface area contributed by atoms with E-state index >= 15 is 0 Å². The van der Waals surface area contributed by atoms with Crippen molar-refractivity contribution in [2.75, 3.05) is 23.7 Å². The highest BCUT2D eigenvalue weighted by Crippen LogP contribution is 2.36. The molecule has 1 aromatic heterocycles. The molecule has 0 bridgehead atoms. The monoisotopic (exact) mass is 602 g/mol. The number of nitriles is 1. The maximum Gasteiger partial charge on any atom is 0.324 e. The molecule has 2 heterocycles.